The largest absolute Gasteiger partial charge is 0.350 e. The molecule has 0 atom stereocenters. The van der Waals surface area contributed by atoms with E-state index in [4.69, 9.17) is 0 Å². The first-order valence-corrected chi connectivity index (χ1v) is 11.2. The third kappa shape index (κ3) is 9.08. The lowest BCUT2D eigenvalue weighted by molar-refractivity contribution is 1.66. The van der Waals surface area contributed by atoms with Crippen LogP contribution in [-0.2, 0) is 0 Å². The van der Waals surface area contributed by atoms with Crippen molar-refractivity contribution in [1.82, 2.24) is 0 Å². The normalized spacial score (nSPS) is 10.8. The van der Waals surface area contributed by atoms with Crippen LogP contribution >= 0.6 is 23.8 Å². The molecule has 0 aromatic rings. The highest BCUT2D eigenvalue weighted by molar-refractivity contribution is 7.61. The summed E-state index contributed by atoms with van der Waals surface area (Å²) in [5.41, 5.74) is 1.49. The molecule has 0 unspecified atom stereocenters. The van der Waals surface area contributed by atoms with Gasteiger partial charge in [-0.1, -0.05) is 40.0 Å². The molecule has 3 heteroatoms. The molecule has 0 saturated carbocycles. The van der Waals surface area contributed by atoms with Crippen LogP contribution in [0.4, 0.5) is 0 Å². The van der Waals surface area contributed by atoms with Gasteiger partial charge >= 0.3 is 0 Å². The molecule has 0 aliphatic heterocycles. The first-order chi connectivity index (χ1) is 5.91. The molecule has 0 aliphatic rings. The van der Waals surface area contributed by atoms with Crippen molar-refractivity contribution in [3.63, 3.8) is 0 Å². The molecule has 0 rings (SSSR count). The minimum Gasteiger partial charge on any atom is -0.350 e. The van der Waals surface area contributed by atoms with Gasteiger partial charge in [0.05, 0.1) is 0 Å². The van der Waals surface area contributed by atoms with Crippen LogP contribution in [0.3, 0.4) is 0 Å². The lowest BCUT2D eigenvalue weighted by Crippen LogP contribution is -1.84. The Kier molecular flexibility index (Phi) is 7.53. The molecule has 0 bridgehead atoms. The van der Waals surface area contributed by atoms with Crippen molar-refractivity contribution in [2.75, 3.05) is 40.0 Å². The summed E-state index contributed by atoms with van der Waals surface area (Å²) in [5, 5.41) is 0. The van der Waals surface area contributed by atoms with Gasteiger partial charge in [-0.2, -0.15) is 0 Å². The highest BCUT2D eigenvalue weighted by Crippen LogP contribution is 2.44. The summed E-state index contributed by atoms with van der Waals surface area (Å²) in [7, 11) is 0.285. The minimum atomic E-state index is 0.0952. The molecular weight excluding hydrogens is 213 g/mol. The van der Waals surface area contributed by atoms with Crippen LogP contribution in [0.2, 0.25) is 0 Å². The van der Waals surface area contributed by atoms with Gasteiger partial charge in [0.1, 0.15) is 0 Å². The zero-order valence-electron chi connectivity index (χ0n) is 9.57. The SMILES string of the molecule is CP(C)C=C([CH-]P(C)C)[CH-]P(C)C. The van der Waals surface area contributed by atoms with E-state index in [0.29, 0.717) is 0 Å². The van der Waals surface area contributed by atoms with Gasteiger partial charge in [0.25, 0.3) is 0 Å². The quantitative estimate of drug-likeness (QED) is 0.488. The number of hydrogen-bond donors (Lipinski definition) is 0. The van der Waals surface area contributed by atoms with Crippen LogP contribution < -0.4 is 0 Å². The fraction of sp³-hybridized carbons (Fsp3) is 0.600. The maximum absolute atomic E-state index is 2.43. The van der Waals surface area contributed by atoms with Crippen molar-refractivity contribution in [2.45, 2.75) is 0 Å². The first kappa shape index (κ1) is 13.8. The molecule has 0 aliphatic carbocycles. The highest BCUT2D eigenvalue weighted by Gasteiger charge is 1.86. The van der Waals surface area contributed by atoms with E-state index < -0.39 is 0 Å². The molecule has 0 spiro atoms. The number of hydrogen-bond acceptors (Lipinski definition) is 0. The topological polar surface area (TPSA) is 0 Å². The molecule has 0 nitrogen and oxygen atoms in total. The molecule has 0 saturated heterocycles. The zero-order valence-corrected chi connectivity index (χ0v) is 12.3. The lowest BCUT2D eigenvalue weighted by atomic mass is 10.4. The van der Waals surface area contributed by atoms with E-state index in [0.717, 1.165) is 0 Å². The summed E-state index contributed by atoms with van der Waals surface area (Å²) in [4.78, 5) is 0. The van der Waals surface area contributed by atoms with Crippen LogP contribution in [0.1, 0.15) is 0 Å². The standard InChI is InChI=1S/C10H21P3/c1-11(2)7-10(8-12(3)4)9-13(5)6/h7-9H,1-6H3/q-2. The van der Waals surface area contributed by atoms with Crippen molar-refractivity contribution in [3.05, 3.63) is 23.7 Å². The van der Waals surface area contributed by atoms with Crippen molar-refractivity contribution < 1.29 is 0 Å². The first-order valence-electron chi connectivity index (χ1n) is 4.32. The summed E-state index contributed by atoms with van der Waals surface area (Å²) in [5.74, 6) is 2.43. The van der Waals surface area contributed by atoms with Crippen LogP contribution in [-0.4, -0.2) is 40.0 Å². The molecule has 0 radical (unpaired) electrons. The predicted octanol–water partition coefficient (Wildman–Crippen LogP) is 4.42. The Morgan fingerprint density at radius 2 is 1.23 bits per heavy atom. The maximum atomic E-state index is 2.43. The van der Waals surface area contributed by atoms with Gasteiger partial charge in [-0.3, -0.25) is 18.1 Å². The van der Waals surface area contributed by atoms with Crippen LogP contribution in [0.15, 0.2) is 11.4 Å². The number of allylic oxidation sites excluding steroid dienone is 1. The average molecular weight is 234 g/mol. The monoisotopic (exact) mass is 234 g/mol. The van der Waals surface area contributed by atoms with E-state index >= 15 is 0 Å². The second-order valence-electron chi connectivity index (χ2n) is 3.78. The second-order valence-corrected chi connectivity index (χ2v) is 10.3. The third-order valence-corrected chi connectivity index (χ3v) is 3.67. The smallest absolute Gasteiger partial charge is 0.0615 e. The van der Waals surface area contributed by atoms with Crippen molar-refractivity contribution >= 4 is 23.8 Å². The second kappa shape index (κ2) is 7.11. The molecule has 78 valence electrons. The van der Waals surface area contributed by atoms with Crippen molar-refractivity contribution in [3.8, 4) is 0 Å². The third-order valence-electron chi connectivity index (χ3n) is 1.22. The van der Waals surface area contributed by atoms with Crippen molar-refractivity contribution in [1.29, 1.82) is 0 Å². The van der Waals surface area contributed by atoms with Gasteiger partial charge in [-0.15, -0.1) is 0 Å². The van der Waals surface area contributed by atoms with Gasteiger partial charge in [0, 0.05) is 0 Å². The molecule has 0 heterocycles. The molecule has 13 heavy (non-hydrogen) atoms. The van der Waals surface area contributed by atoms with Gasteiger partial charge in [0.2, 0.25) is 0 Å². The van der Waals surface area contributed by atoms with Crippen LogP contribution in [0.25, 0.3) is 0 Å². The van der Waals surface area contributed by atoms with E-state index in [1.807, 2.05) is 0 Å². The van der Waals surface area contributed by atoms with E-state index in [2.05, 4.69) is 58.1 Å². The van der Waals surface area contributed by atoms with Gasteiger partial charge in [-0.25, -0.2) is 23.8 Å². The summed E-state index contributed by atoms with van der Waals surface area (Å²) in [6.45, 7) is 13.8. The van der Waals surface area contributed by atoms with E-state index in [-0.39, 0.29) is 23.8 Å². The summed E-state index contributed by atoms with van der Waals surface area (Å²) in [6, 6.07) is 0. The average Bonchev–Trinajstić information content (AvgIpc) is 1.80. The Morgan fingerprint density at radius 3 is 1.46 bits per heavy atom. The fourth-order valence-corrected chi connectivity index (χ4v) is 3.58. The predicted molar refractivity (Wildman–Crippen MR) is 73.0 cm³/mol. The van der Waals surface area contributed by atoms with E-state index in [9.17, 15) is 0 Å². The maximum Gasteiger partial charge on any atom is -0.0615 e. The lowest BCUT2D eigenvalue weighted by Gasteiger charge is -2.33. The van der Waals surface area contributed by atoms with Gasteiger partial charge in [0.15, 0.2) is 0 Å². The molecule has 0 N–H and O–H groups in total. The molecular formula is C10H21P3-2. The van der Waals surface area contributed by atoms with Crippen LogP contribution in [0.5, 0.6) is 0 Å². The van der Waals surface area contributed by atoms with Crippen molar-refractivity contribution in [2.24, 2.45) is 0 Å². The van der Waals surface area contributed by atoms with Gasteiger partial charge in [-0.05, 0) is 0 Å². The zero-order chi connectivity index (χ0) is 10.4. The Labute approximate surface area is 87.8 Å². The summed E-state index contributed by atoms with van der Waals surface area (Å²) < 4.78 is 0. The minimum absolute atomic E-state index is 0.0952. The Hall–Kier alpha value is 0.770. The molecule has 0 aromatic heterocycles. The number of rotatable bonds is 5. The Morgan fingerprint density at radius 1 is 0.846 bits per heavy atom. The Balaban J connectivity index is 4.19. The molecule has 0 amide bonds. The van der Waals surface area contributed by atoms with E-state index in [1.165, 1.54) is 5.57 Å². The fourth-order valence-electron chi connectivity index (χ4n) is 0.994. The Bertz CT molecular complexity index is 148. The molecule has 0 fully saturated rings. The van der Waals surface area contributed by atoms with E-state index in [1.54, 1.807) is 0 Å². The highest BCUT2D eigenvalue weighted by atomic mass is 31.1. The summed E-state index contributed by atoms with van der Waals surface area (Å²) >= 11 is 0. The summed E-state index contributed by atoms with van der Waals surface area (Å²) in [6.07, 6.45) is 4.86. The van der Waals surface area contributed by atoms with Crippen LogP contribution in [0, 0.1) is 12.3 Å². The van der Waals surface area contributed by atoms with Gasteiger partial charge < -0.3 is 5.57 Å². The molecule has 0 aromatic carbocycles.